The van der Waals surface area contributed by atoms with E-state index in [1.807, 2.05) is 7.05 Å². The second-order valence-electron chi connectivity index (χ2n) is 6.81. The third kappa shape index (κ3) is 2.40. The lowest BCUT2D eigenvalue weighted by Gasteiger charge is -2.63. The first-order valence-electron chi connectivity index (χ1n) is 8.10. The number of halogens is 1. The fraction of sp³-hybridized carbons (Fsp3) is 0.812. The Kier molecular flexibility index (Phi) is 4.50. The van der Waals surface area contributed by atoms with Gasteiger partial charge in [0.1, 0.15) is 0 Å². The van der Waals surface area contributed by atoms with Crippen LogP contribution in [0.3, 0.4) is 0 Å². The monoisotopic (exact) mass is 403 g/mol. The van der Waals surface area contributed by atoms with Crippen molar-refractivity contribution in [2.75, 3.05) is 13.7 Å². The molecular weight excluding hydrogens is 377 g/mol. The highest BCUT2D eigenvalue weighted by atomic mass is 127. The van der Waals surface area contributed by atoms with Crippen LogP contribution in [0.25, 0.3) is 0 Å². The minimum Gasteiger partial charge on any atom is -0.377 e. The summed E-state index contributed by atoms with van der Waals surface area (Å²) in [7, 11) is 1.88. The summed E-state index contributed by atoms with van der Waals surface area (Å²) in [6.45, 7) is 0.952. The Morgan fingerprint density at radius 2 is 2.00 bits per heavy atom. The van der Waals surface area contributed by atoms with Crippen LogP contribution in [0.4, 0.5) is 0 Å². The van der Waals surface area contributed by atoms with Crippen LogP contribution in [0.15, 0.2) is 17.1 Å². The molecule has 1 spiro atoms. The Morgan fingerprint density at radius 1 is 1.24 bits per heavy atom. The summed E-state index contributed by atoms with van der Waals surface area (Å²) >= 11 is 0. The van der Waals surface area contributed by atoms with Crippen molar-refractivity contribution in [1.29, 1.82) is 0 Å². The van der Waals surface area contributed by atoms with E-state index in [9.17, 15) is 0 Å². The zero-order valence-corrected chi connectivity index (χ0v) is 15.0. The molecule has 0 radical (unpaired) electrons. The summed E-state index contributed by atoms with van der Waals surface area (Å²) in [4.78, 5) is 4.44. The first-order chi connectivity index (χ1) is 9.83. The zero-order chi connectivity index (χ0) is 13.6. The molecule has 0 bridgehead atoms. The Morgan fingerprint density at radius 3 is 2.62 bits per heavy atom. The third-order valence-corrected chi connectivity index (χ3v) is 5.90. The summed E-state index contributed by atoms with van der Waals surface area (Å²) in [6.07, 6.45) is 12.5. The fourth-order valence-electron chi connectivity index (χ4n) is 4.70. The number of hydrogen-bond donors (Lipinski definition) is 2. The van der Waals surface area contributed by atoms with Crippen LogP contribution in [0, 0.1) is 11.3 Å². The quantitative estimate of drug-likeness (QED) is 0.322. The van der Waals surface area contributed by atoms with E-state index in [1.54, 1.807) is 0 Å². The molecule has 118 valence electrons. The highest BCUT2D eigenvalue weighted by molar-refractivity contribution is 14.0. The SMILES string of the molecule is CN=C(NC1CC=CC1)NC1C2CCOC2C12CCC2.I. The molecule has 2 N–H and O–H groups in total. The van der Waals surface area contributed by atoms with Crippen molar-refractivity contribution in [2.45, 2.75) is 56.7 Å². The standard InChI is InChI=1S/C16H25N3O.HI/c1-17-15(18-11-5-2-3-6-11)19-13-12-7-10-20-14(12)16(13)8-4-9-16;/h2-3,11-14H,4-10H2,1H3,(H2,17,18,19);1H. The molecule has 4 aliphatic rings. The molecule has 3 fully saturated rings. The van der Waals surface area contributed by atoms with E-state index in [4.69, 9.17) is 4.74 Å². The summed E-state index contributed by atoms with van der Waals surface area (Å²) in [5.41, 5.74) is 0.423. The average Bonchev–Trinajstić information content (AvgIpc) is 3.03. The molecule has 4 nitrogen and oxygen atoms in total. The highest BCUT2D eigenvalue weighted by Crippen LogP contribution is 2.62. The Balaban J connectivity index is 0.00000132. The molecule has 0 aromatic heterocycles. The van der Waals surface area contributed by atoms with Gasteiger partial charge in [0.25, 0.3) is 0 Å². The maximum absolute atomic E-state index is 5.98. The molecule has 5 heteroatoms. The van der Waals surface area contributed by atoms with Crippen LogP contribution in [-0.2, 0) is 4.74 Å². The van der Waals surface area contributed by atoms with Gasteiger partial charge in [0, 0.05) is 37.1 Å². The largest absolute Gasteiger partial charge is 0.377 e. The van der Waals surface area contributed by atoms with Crippen molar-refractivity contribution in [1.82, 2.24) is 10.6 Å². The molecule has 4 rings (SSSR count). The molecule has 3 atom stereocenters. The van der Waals surface area contributed by atoms with E-state index >= 15 is 0 Å². The number of rotatable bonds is 2. The molecule has 2 saturated carbocycles. The van der Waals surface area contributed by atoms with Gasteiger partial charge in [-0.2, -0.15) is 0 Å². The van der Waals surface area contributed by atoms with E-state index in [0.29, 0.717) is 29.5 Å². The smallest absolute Gasteiger partial charge is 0.191 e. The van der Waals surface area contributed by atoms with E-state index in [0.717, 1.165) is 25.4 Å². The van der Waals surface area contributed by atoms with E-state index < -0.39 is 0 Å². The minimum atomic E-state index is 0. The minimum absolute atomic E-state index is 0. The Bertz CT molecular complexity index is 439. The molecule has 3 unspecified atom stereocenters. The van der Waals surface area contributed by atoms with Gasteiger partial charge in [0.2, 0.25) is 0 Å². The molecule has 0 aromatic carbocycles. The molecule has 21 heavy (non-hydrogen) atoms. The zero-order valence-electron chi connectivity index (χ0n) is 12.7. The second kappa shape index (κ2) is 6.07. The molecule has 1 saturated heterocycles. The normalized spacial score (nSPS) is 36.6. The maximum atomic E-state index is 5.98. The predicted octanol–water partition coefficient (Wildman–Crippen LogP) is 2.45. The number of nitrogens with one attached hydrogen (secondary N) is 2. The van der Waals surface area contributed by atoms with E-state index in [2.05, 4.69) is 27.8 Å². The van der Waals surface area contributed by atoms with Crippen LogP contribution in [-0.4, -0.2) is 37.8 Å². The Labute approximate surface area is 144 Å². The average molecular weight is 403 g/mol. The molecule has 1 heterocycles. The van der Waals surface area contributed by atoms with Gasteiger partial charge in [0.15, 0.2) is 5.96 Å². The highest BCUT2D eigenvalue weighted by Gasteiger charge is 2.66. The number of aliphatic imine (C=N–C) groups is 1. The Hall–Kier alpha value is -0.300. The predicted molar refractivity (Wildman–Crippen MR) is 95.1 cm³/mol. The number of guanidine groups is 1. The van der Waals surface area contributed by atoms with E-state index in [-0.39, 0.29) is 24.0 Å². The fourth-order valence-corrected chi connectivity index (χ4v) is 4.70. The molecule has 3 aliphatic carbocycles. The summed E-state index contributed by atoms with van der Waals surface area (Å²) in [5, 5.41) is 7.29. The van der Waals surface area contributed by atoms with Gasteiger partial charge in [-0.1, -0.05) is 18.6 Å². The van der Waals surface area contributed by atoms with Gasteiger partial charge in [0.05, 0.1) is 6.10 Å². The van der Waals surface area contributed by atoms with Gasteiger partial charge < -0.3 is 15.4 Å². The summed E-state index contributed by atoms with van der Waals surface area (Å²) < 4.78 is 5.98. The van der Waals surface area contributed by atoms with Crippen LogP contribution in [0.1, 0.15) is 38.5 Å². The van der Waals surface area contributed by atoms with Crippen molar-refractivity contribution < 1.29 is 4.74 Å². The van der Waals surface area contributed by atoms with Gasteiger partial charge in [-0.15, -0.1) is 24.0 Å². The van der Waals surface area contributed by atoms with Gasteiger partial charge in [-0.25, -0.2) is 0 Å². The summed E-state index contributed by atoms with van der Waals surface area (Å²) in [6, 6.07) is 1.10. The number of hydrogen-bond acceptors (Lipinski definition) is 2. The molecule has 1 aliphatic heterocycles. The van der Waals surface area contributed by atoms with Gasteiger partial charge in [-0.05, 0) is 32.1 Å². The van der Waals surface area contributed by atoms with Gasteiger partial charge >= 0.3 is 0 Å². The number of ether oxygens (including phenoxy) is 1. The van der Waals surface area contributed by atoms with Crippen molar-refractivity contribution in [3.05, 3.63) is 12.2 Å². The lowest BCUT2D eigenvalue weighted by Crippen LogP contribution is -2.72. The second-order valence-corrected chi connectivity index (χ2v) is 6.81. The van der Waals surface area contributed by atoms with Crippen LogP contribution < -0.4 is 10.6 Å². The lowest BCUT2D eigenvalue weighted by molar-refractivity contribution is -0.171. The van der Waals surface area contributed by atoms with E-state index in [1.165, 1.54) is 25.7 Å². The molecular formula is C16H26IN3O. The van der Waals surface area contributed by atoms with Crippen LogP contribution >= 0.6 is 24.0 Å². The lowest BCUT2D eigenvalue weighted by atomic mass is 9.46. The number of nitrogens with zero attached hydrogens (tertiary/aromatic N) is 1. The topological polar surface area (TPSA) is 45.7 Å². The molecule has 0 aromatic rings. The van der Waals surface area contributed by atoms with Crippen molar-refractivity contribution in [3.63, 3.8) is 0 Å². The van der Waals surface area contributed by atoms with Crippen LogP contribution in [0.2, 0.25) is 0 Å². The molecule has 0 amide bonds. The third-order valence-electron chi connectivity index (χ3n) is 5.90. The first kappa shape index (κ1) is 15.6. The first-order valence-corrected chi connectivity index (χ1v) is 8.10. The van der Waals surface area contributed by atoms with Gasteiger partial charge in [-0.3, -0.25) is 4.99 Å². The number of fused-ring (bicyclic) bond motifs is 2. The maximum Gasteiger partial charge on any atom is 0.191 e. The van der Waals surface area contributed by atoms with Crippen molar-refractivity contribution in [3.8, 4) is 0 Å². The summed E-state index contributed by atoms with van der Waals surface area (Å²) in [5.74, 6) is 1.69. The van der Waals surface area contributed by atoms with Crippen LogP contribution in [0.5, 0.6) is 0 Å². The van der Waals surface area contributed by atoms with Crippen molar-refractivity contribution in [2.24, 2.45) is 16.3 Å². The van der Waals surface area contributed by atoms with Crippen molar-refractivity contribution >= 4 is 29.9 Å².